The molecule has 0 spiro atoms. The van der Waals surface area contributed by atoms with E-state index >= 15 is 0 Å². The molecule has 0 saturated carbocycles. The van der Waals surface area contributed by atoms with E-state index in [1.807, 2.05) is 0 Å². The van der Waals surface area contributed by atoms with Crippen molar-refractivity contribution >= 4 is 27.7 Å². The number of nitrogens with one attached hydrogen (secondary N) is 1. The van der Waals surface area contributed by atoms with E-state index in [1.165, 1.54) is 23.1 Å². The molecule has 1 N–H and O–H groups in total. The van der Waals surface area contributed by atoms with E-state index < -0.39 is 4.92 Å². The predicted molar refractivity (Wildman–Crippen MR) is 85.5 cm³/mol. The fourth-order valence-corrected chi connectivity index (χ4v) is 2.89. The number of hydrogen-bond acceptors (Lipinski definition) is 4. The maximum atomic E-state index is 11.9. The van der Waals surface area contributed by atoms with Crippen molar-refractivity contribution in [3.05, 3.63) is 31.9 Å². The Hall–Kier alpha value is -1.70. The van der Waals surface area contributed by atoms with E-state index in [1.54, 1.807) is 6.92 Å². The van der Waals surface area contributed by atoms with E-state index in [9.17, 15) is 14.9 Å². The van der Waals surface area contributed by atoms with Crippen LogP contribution in [-0.2, 0) is 11.3 Å². The molecule has 22 heavy (non-hydrogen) atoms. The standard InChI is InChI=1S/C14H19BrN4O3/c1-10-13(15)14(19(21)22)17-18(10)9-12(20)16-8-7-11-5-3-2-4-6-11/h5H,2-4,6-9H2,1H3,(H,16,20). The van der Waals surface area contributed by atoms with Gasteiger partial charge in [-0.2, -0.15) is 4.68 Å². The van der Waals surface area contributed by atoms with Crippen LogP contribution < -0.4 is 5.32 Å². The highest BCUT2D eigenvalue weighted by molar-refractivity contribution is 9.10. The molecule has 0 radical (unpaired) electrons. The van der Waals surface area contributed by atoms with Crippen molar-refractivity contribution < 1.29 is 9.72 Å². The average molecular weight is 371 g/mol. The quantitative estimate of drug-likeness (QED) is 0.473. The molecule has 1 amide bonds. The zero-order valence-corrected chi connectivity index (χ0v) is 14.1. The lowest BCUT2D eigenvalue weighted by Gasteiger charge is -2.12. The van der Waals surface area contributed by atoms with Crippen LogP contribution in [0.15, 0.2) is 16.1 Å². The number of aromatic nitrogens is 2. The number of carbonyl (C=O) groups is 1. The summed E-state index contributed by atoms with van der Waals surface area (Å²) < 4.78 is 1.66. The van der Waals surface area contributed by atoms with Crippen molar-refractivity contribution in [3.63, 3.8) is 0 Å². The van der Waals surface area contributed by atoms with Crippen LogP contribution in [0.1, 0.15) is 37.8 Å². The second-order valence-electron chi connectivity index (χ2n) is 5.35. The molecule has 8 heteroatoms. The lowest BCUT2D eigenvalue weighted by Crippen LogP contribution is -2.29. The normalized spacial score (nSPS) is 14.5. The molecule has 0 aromatic carbocycles. The maximum Gasteiger partial charge on any atom is 0.404 e. The molecular weight excluding hydrogens is 352 g/mol. The number of allylic oxidation sites excluding steroid dienone is 1. The van der Waals surface area contributed by atoms with Gasteiger partial charge in [0.1, 0.15) is 11.0 Å². The van der Waals surface area contributed by atoms with Crippen LogP contribution in [-0.4, -0.2) is 27.2 Å². The Labute approximate surface area is 137 Å². The number of carbonyl (C=O) groups excluding carboxylic acids is 1. The van der Waals surface area contributed by atoms with Crippen LogP contribution in [0.5, 0.6) is 0 Å². The minimum Gasteiger partial charge on any atom is -0.358 e. The largest absolute Gasteiger partial charge is 0.404 e. The topological polar surface area (TPSA) is 90.1 Å². The third-order valence-corrected chi connectivity index (χ3v) is 4.66. The second kappa shape index (κ2) is 7.53. The van der Waals surface area contributed by atoms with E-state index in [0.29, 0.717) is 16.7 Å². The lowest BCUT2D eigenvalue weighted by molar-refractivity contribution is -0.390. The van der Waals surface area contributed by atoms with E-state index in [4.69, 9.17) is 0 Å². The summed E-state index contributed by atoms with van der Waals surface area (Å²) in [6.45, 7) is 2.26. The minimum absolute atomic E-state index is 0.0165. The monoisotopic (exact) mass is 370 g/mol. The SMILES string of the molecule is Cc1c(Br)c([N+](=O)[O-])nn1CC(=O)NCCC1=CCCCC1. The molecule has 0 saturated heterocycles. The average Bonchev–Trinajstić information content (AvgIpc) is 2.77. The molecule has 0 bridgehead atoms. The second-order valence-corrected chi connectivity index (χ2v) is 6.14. The summed E-state index contributed by atoms with van der Waals surface area (Å²) >= 11 is 3.13. The van der Waals surface area contributed by atoms with Crippen LogP contribution in [0, 0.1) is 17.0 Å². The number of halogens is 1. The summed E-state index contributed by atoms with van der Waals surface area (Å²) in [4.78, 5) is 22.2. The summed E-state index contributed by atoms with van der Waals surface area (Å²) in [6.07, 6.45) is 7.86. The van der Waals surface area contributed by atoms with Gasteiger partial charge in [0.2, 0.25) is 5.91 Å². The van der Waals surface area contributed by atoms with Crippen molar-refractivity contribution in [1.29, 1.82) is 0 Å². The summed E-state index contributed by atoms with van der Waals surface area (Å²) in [5, 5.41) is 17.5. The number of nitrogens with zero attached hydrogens (tertiary/aromatic N) is 3. The number of rotatable bonds is 6. The first-order valence-electron chi connectivity index (χ1n) is 7.31. The highest BCUT2D eigenvalue weighted by Crippen LogP contribution is 2.26. The van der Waals surface area contributed by atoms with Crippen LogP contribution in [0.2, 0.25) is 0 Å². The molecule has 1 aliphatic carbocycles. The van der Waals surface area contributed by atoms with Crippen molar-refractivity contribution in [1.82, 2.24) is 15.1 Å². The molecule has 1 heterocycles. The van der Waals surface area contributed by atoms with E-state index in [-0.39, 0.29) is 18.3 Å². The Morgan fingerprint density at radius 3 is 2.91 bits per heavy atom. The Kier molecular flexibility index (Phi) is 5.70. The van der Waals surface area contributed by atoms with Crippen molar-refractivity contribution in [2.45, 2.75) is 45.6 Å². The highest BCUT2D eigenvalue weighted by atomic mass is 79.9. The van der Waals surface area contributed by atoms with Crippen molar-refractivity contribution in [2.24, 2.45) is 0 Å². The molecule has 0 fully saturated rings. The van der Waals surface area contributed by atoms with Gasteiger partial charge in [0.15, 0.2) is 0 Å². The summed E-state index contributed by atoms with van der Waals surface area (Å²) in [7, 11) is 0. The van der Waals surface area contributed by atoms with Gasteiger partial charge >= 0.3 is 5.82 Å². The molecule has 120 valence electrons. The Morgan fingerprint density at radius 2 is 2.32 bits per heavy atom. The van der Waals surface area contributed by atoms with Gasteiger partial charge in [0.05, 0.1) is 10.8 Å². The smallest absolute Gasteiger partial charge is 0.358 e. The molecular formula is C14H19BrN4O3. The Bertz CT molecular complexity index is 609. The van der Waals surface area contributed by atoms with Gasteiger partial charge in [-0.25, -0.2) is 0 Å². The Balaban J connectivity index is 1.85. The van der Waals surface area contributed by atoms with Gasteiger partial charge in [-0.05, 0) is 59.9 Å². The molecule has 1 aromatic heterocycles. The number of hydrogen-bond donors (Lipinski definition) is 1. The van der Waals surface area contributed by atoms with Gasteiger partial charge in [0.25, 0.3) is 0 Å². The van der Waals surface area contributed by atoms with Crippen LogP contribution in [0.4, 0.5) is 5.82 Å². The molecule has 7 nitrogen and oxygen atoms in total. The molecule has 1 aliphatic rings. The van der Waals surface area contributed by atoms with E-state index in [2.05, 4.69) is 32.4 Å². The number of amides is 1. The van der Waals surface area contributed by atoms with Gasteiger partial charge in [-0.15, -0.1) is 0 Å². The van der Waals surface area contributed by atoms with Gasteiger partial charge in [-0.3, -0.25) is 4.79 Å². The fraction of sp³-hybridized carbons (Fsp3) is 0.571. The van der Waals surface area contributed by atoms with Crippen molar-refractivity contribution in [2.75, 3.05) is 6.54 Å². The zero-order valence-electron chi connectivity index (χ0n) is 12.5. The molecule has 0 unspecified atom stereocenters. The summed E-state index contributed by atoms with van der Waals surface area (Å²) in [5.74, 6) is -0.456. The molecule has 0 aliphatic heterocycles. The number of nitro groups is 1. The first kappa shape index (κ1) is 16.7. The first-order chi connectivity index (χ1) is 10.5. The summed E-state index contributed by atoms with van der Waals surface area (Å²) in [6, 6.07) is 0. The first-order valence-corrected chi connectivity index (χ1v) is 8.10. The fourth-order valence-electron chi connectivity index (χ4n) is 2.47. The third-order valence-electron chi connectivity index (χ3n) is 3.74. The van der Waals surface area contributed by atoms with Crippen LogP contribution in [0.25, 0.3) is 0 Å². The molecule has 1 aromatic rings. The van der Waals surface area contributed by atoms with Gasteiger partial charge in [-0.1, -0.05) is 11.6 Å². The maximum absolute atomic E-state index is 11.9. The molecule has 2 rings (SSSR count). The van der Waals surface area contributed by atoms with Crippen LogP contribution >= 0.6 is 15.9 Å². The predicted octanol–water partition coefficient (Wildman–Crippen LogP) is 2.87. The summed E-state index contributed by atoms with van der Waals surface area (Å²) in [5.41, 5.74) is 1.97. The highest BCUT2D eigenvalue weighted by Gasteiger charge is 2.24. The van der Waals surface area contributed by atoms with E-state index in [0.717, 1.165) is 19.3 Å². The van der Waals surface area contributed by atoms with Gasteiger partial charge < -0.3 is 15.4 Å². The van der Waals surface area contributed by atoms with Gasteiger partial charge in [0, 0.05) is 6.54 Å². The zero-order chi connectivity index (χ0) is 16.1. The lowest BCUT2D eigenvalue weighted by atomic mass is 9.97. The third kappa shape index (κ3) is 4.16. The Morgan fingerprint density at radius 1 is 1.55 bits per heavy atom. The molecule has 0 atom stereocenters. The van der Waals surface area contributed by atoms with Crippen molar-refractivity contribution in [3.8, 4) is 0 Å². The van der Waals surface area contributed by atoms with Crippen LogP contribution in [0.3, 0.4) is 0 Å². The minimum atomic E-state index is -0.568.